The number of nitrogen functional groups attached to an aromatic ring is 1. The minimum atomic E-state index is -0.438. The Balaban J connectivity index is 2.04. The van der Waals surface area contributed by atoms with Crippen molar-refractivity contribution in [1.29, 1.82) is 0 Å². The molecular weight excluding hydrogens is 334 g/mol. The van der Waals surface area contributed by atoms with Crippen LogP contribution in [0.4, 0.5) is 11.4 Å². The number of aromatic nitrogens is 1. The lowest BCUT2D eigenvalue weighted by atomic mass is 10.0. The Kier molecular flexibility index (Phi) is 4.70. The van der Waals surface area contributed by atoms with Gasteiger partial charge in [0.15, 0.2) is 0 Å². The molecule has 7 heteroatoms. The fourth-order valence-electron chi connectivity index (χ4n) is 2.74. The molecule has 0 aliphatic heterocycles. The Hall–Kier alpha value is -3.61. The van der Waals surface area contributed by atoms with E-state index in [4.69, 9.17) is 10.5 Å². The maximum absolute atomic E-state index is 12.0. The second kappa shape index (κ2) is 7.10. The first-order valence-electron chi connectivity index (χ1n) is 7.85. The van der Waals surface area contributed by atoms with Crippen molar-refractivity contribution < 1.29 is 9.66 Å². The summed E-state index contributed by atoms with van der Waals surface area (Å²) in [6.07, 6.45) is 1.58. The number of benzene rings is 2. The molecule has 0 amide bonds. The number of hydrogen-bond donors (Lipinski definition) is 1. The molecule has 3 aromatic rings. The van der Waals surface area contributed by atoms with Crippen LogP contribution < -0.4 is 16.0 Å². The van der Waals surface area contributed by atoms with Gasteiger partial charge in [-0.3, -0.25) is 14.9 Å². The number of hydrogen-bond acceptors (Lipinski definition) is 5. The molecular formula is C19H17N3O4. The number of anilines is 1. The average Bonchev–Trinajstić information content (AvgIpc) is 2.64. The number of nitro groups is 1. The first-order valence-corrected chi connectivity index (χ1v) is 7.85. The van der Waals surface area contributed by atoms with Crippen LogP contribution in [0.2, 0.25) is 0 Å². The van der Waals surface area contributed by atoms with Crippen molar-refractivity contribution in [3.8, 4) is 16.9 Å². The van der Waals surface area contributed by atoms with Crippen molar-refractivity contribution in [1.82, 2.24) is 4.57 Å². The molecule has 0 aliphatic rings. The van der Waals surface area contributed by atoms with Gasteiger partial charge in [0, 0.05) is 35.6 Å². The first kappa shape index (κ1) is 17.2. The van der Waals surface area contributed by atoms with E-state index in [-0.39, 0.29) is 11.2 Å². The summed E-state index contributed by atoms with van der Waals surface area (Å²) in [7, 11) is 1.54. The standard InChI is InChI=1S/C19H17N3O4/c1-26-18-7-5-13(11-21-12-15(20)6-8-19(21)23)9-17(18)14-3-2-4-16(10-14)22(24)25/h2-10,12H,11,20H2,1H3. The normalized spacial score (nSPS) is 10.5. The smallest absolute Gasteiger partial charge is 0.270 e. The van der Waals surface area contributed by atoms with Crippen molar-refractivity contribution in [2.24, 2.45) is 0 Å². The number of non-ortho nitro benzene ring substituents is 1. The van der Waals surface area contributed by atoms with E-state index in [0.717, 1.165) is 5.56 Å². The van der Waals surface area contributed by atoms with E-state index >= 15 is 0 Å². The largest absolute Gasteiger partial charge is 0.496 e. The molecule has 1 aromatic heterocycles. The summed E-state index contributed by atoms with van der Waals surface area (Å²) in [5.74, 6) is 0.592. The summed E-state index contributed by atoms with van der Waals surface area (Å²) < 4.78 is 6.90. The highest BCUT2D eigenvalue weighted by Gasteiger charge is 2.12. The van der Waals surface area contributed by atoms with Gasteiger partial charge in [0.05, 0.1) is 18.6 Å². The summed E-state index contributed by atoms with van der Waals surface area (Å²) in [6.45, 7) is 0.329. The molecule has 0 saturated carbocycles. The molecule has 132 valence electrons. The Morgan fingerprint density at radius 3 is 2.69 bits per heavy atom. The van der Waals surface area contributed by atoms with Crippen molar-refractivity contribution in [2.75, 3.05) is 12.8 Å². The lowest BCUT2D eigenvalue weighted by Gasteiger charge is -2.12. The summed E-state index contributed by atoms with van der Waals surface area (Å²) in [6, 6.07) is 14.8. The predicted molar refractivity (Wildman–Crippen MR) is 99.3 cm³/mol. The summed E-state index contributed by atoms with van der Waals surface area (Å²) in [4.78, 5) is 22.6. The summed E-state index contributed by atoms with van der Waals surface area (Å²) in [5.41, 5.74) is 8.31. The van der Waals surface area contributed by atoms with E-state index < -0.39 is 4.92 Å². The molecule has 0 saturated heterocycles. The zero-order chi connectivity index (χ0) is 18.7. The first-order chi connectivity index (χ1) is 12.5. The molecule has 0 unspecified atom stereocenters. The Bertz CT molecular complexity index is 1030. The minimum absolute atomic E-state index is 0.00186. The molecule has 2 aromatic carbocycles. The maximum atomic E-state index is 12.0. The minimum Gasteiger partial charge on any atom is -0.496 e. The van der Waals surface area contributed by atoms with Crippen LogP contribution in [-0.2, 0) is 6.54 Å². The number of rotatable bonds is 5. The van der Waals surface area contributed by atoms with Crippen LogP contribution in [0.3, 0.4) is 0 Å². The molecule has 3 rings (SSSR count). The molecule has 0 bridgehead atoms. The van der Waals surface area contributed by atoms with Gasteiger partial charge in [0.1, 0.15) is 5.75 Å². The fraction of sp³-hybridized carbons (Fsp3) is 0.105. The highest BCUT2D eigenvalue weighted by molar-refractivity contribution is 5.73. The molecule has 0 aliphatic carbocycles. The molecule has 1 heterocycles. The van der Waals surface area contributed by atoms with Gasteiger partial charge in [-0.05, 0) is 29.3 Å². The second-order valence-corrected chi connectivity index (χ2v) is 5.77. The number of nitrogens with zero attached hydrogens (tertiary/aromatic N) is 2. The van der Waals surface area contributed by atoms with Gasteiger partial charge in [0.25, 0.3) is 11.2 Å². The zero-order valence-corrected chi connectivity index (χ0v) is 14.1. The molecule has 7 nitrogen and oxygen atoms in total. The third kappa shape index (κ3) is 3.56. The van der Waals surface area contributed by atoms with Crippen molar-refractivity contribution in [3.63, 3.8) is 0 Å². The van der Waals surface area contributed by atoms with Crippen LogP contribution in [0.25, 0.3) is 11.1 Å². The van der Waals surface area contributed by atoms with Crippen molar-refractivity contribution in [2.45, 2.75) is 6.54 Å². The van der Waals surface area contributed by atoms with Gasteiger partial charge < -0.3 is 15.0 Å². The topological polar surface area (TPSA) is 100 Å². The Labute approximate surface area is 149 Å². The third-order valence-corrected chi connectivity index (χ3v) is 3.99. The predicted octanol–water partition coefficient (Wildman–Crippen LogP) is 3.06. The highest BCUT2D eigenvalue weighted by Crippen LogP contribution is 2.33. The summed E-state index contributed by atoms with van der Waals surface area (Å²) >= 11 is 0. The van der Waals surface area contributed by atoms with Crippen LogP contribution in [0.15, 0.2) is 65.6 Å². The Morgan fingerprint density at radius 1 is 1.15 bits per heavy atom. The van der Waals surface area contributed by atoms with E-state index in [0.29, 0.717) is 29.1 Å². The van der Waals surface area contributed by atoms with Gasteiger partial charge in [-0.25, -0.2) is 0 Å². The number of nitro benzene ring substituents is 1. The van der Waals surface area contributed by atoms with Crippen LogP contribution in [0, 0.1) is 10.1 Å². The monoisotopic (exact) mass is 351 g/mol. The van der Waals surface area contributed by atoms with Crippen molar-refractivity contribution in [3.05, 3.63) is 86.8 Å². The molecule has 0 fully saturated rings. The van der Waals surface area contributed by atoms with E-state index in [2.05, 4.69) is 0 Å². The van der Waals surface area contributed by atoms with E-state index in [1.54, 1.807) is 30.5 Å². The van der Waals surface area contributed by atoms with Crippen LogP contribution in [0.1, 0.15) is 5.56 Å². The SMILES string of the molecule is COc1ccc(Cn2cc(N)ccc2=O)cc1-c1cccc([N+](=O)[O-])c1. The van der Waals surface area contributed by atoms with E-state index in [1.165, 1.54) is 29.9 Å². The Morgan fingerprint density at radius 2 is 1.96 bits per heavy atom. The number of ether oxygens (including phenoxy) is 1. The molecule has 26 heavy (non-hydrogen) atoms. The van der Waals surface area contributed by atoms with Crippen LogP contribution >= 0.6 is 0 Å². The zero-order valence-electron chi connectivity index (χ0n) is 14.1. The van der Waals surface area contributed by atoms with E-state index in [9.17, 15) is 14.9 Å². The lowest BCUT2D eigenvalue weighted by Crippen LogP contribution is -2.19. The van der Waals surface area contributed by atoms with Gasteiger partial charge in [-0.2, -0.15) is 0 Å². The molecule has 2 N–H and O–H groups in total. The average molecular weight is 351 g/mol. The van der Waals surface area contributed by atoms with Gasteiger partial charge in [0.2, 0.25) is 0 Å². The second-order valence-electron chi connectivity index (χ2n) is 5.77. The van der Waals surface area contributed by atoms with Gasteiger partial charge in [-0.1, -0.05) is 18.2 Å². The quantitative estimate of drug-likeness (QED) is 0.562. The molecule has 0 atom stereocenters. The third-order valence-electron chi connectivity index (χ3n) is 3.99. The summed E-state index contributed by atoms with van der Waals surface area (Å²) in [5, 5.41) is 11.0. The number of pyridine rings is 1. The van der Waals surface area contributed by atoms with Gasteiger partial charge >= 0.3 is 0 Å². The van der Waals surface area contributed by atoms with Crippen LogP contribution in [0.5, 0.6) is 5.75 Å². The maximum Gasteiger partial charge on any atom is 0.270 e. The molecule has 0 spiro atoms. The van der Waals surface area contributed by atoms with E-state index in [1.807, 2.05) is 12.1 Å². The van der Waals surface area contributed by atoms with Gasteiger partial charge in [-0.15, -0.1) is 0 Å². The lowest BCUT2D eigenvalue weighted by molar-refractivity contribution is -0.384. The highest BCUT2D eigenvalue weighted by atomic mass is 16.6. The number of methoxy groups -OCH3 is 1. The van der Waals surface area contributed by atoms with Crippen molar-refractivity contribution >= 4 is 11.4 Å². The molecule has 0 radical (unpaired) electrons. The van der Waals surface area contributed by atoms with Crippen LogP contribution in [-0.4, -0.2) is 16.6 Å². The fourth-order valence-corrected chi connectivity index (χ4v) is 2.74. The number of nitrogens with two attached hydrogens (primary N) is 1.